The fourth-order valence-electron chi connectivity index (χ4n) is 3.36. The lowest BCUT2D eigenvalue weighted by Crippen LogP contribution is -2.36. The van der Waals surface area contributed by atoms with E-state index in [-0.39, 0.29) is 11.8 Å². The molecular formula is C20H21N5O. The van der Waals surface area contributed by atoms with Crippen molar-refractivity contribution in [1.29, 1.82) is 0 Å². The first-order chi connectivity index (χ1) is 12.5. The van der Waals surface area contributed by atoms with Crippen molar-refractivity contribution in [3.05, 3.63) is 58.9 Å². The van der Waals surface area contributed by atoms with E-state index in [2.05, 4.69) is 24.0 Å². The van der Waals surface area contributed by atoms with Crippen LogP contribution in [0.1, 0.15) is 47.1 Å². The molecule has 6 nitrogen and oxygen atoms in total. The average molecular weight is 347 g/mol. The van der Waals surface area contributed by atoms with Crippen LogP contribution in [-0.4, -0.2) is 32.5 Å². The molecule has 2 aromatic heterocycles. The van der Waals surface area contributed by atoms with Crippen LogP contribution in [0.2, 0.25) is 0 Å². The largest absolute Gasteiger partial charge is 0.382 e. The first kappa shape index (κ1) is 16.4. The third kappa shape index (κ3) is 2.87. The van der Waals surface area contributed by atoms with Crippen molar-refractivity contribution < 1.29 is 4.79 Å². The van der Waals surface area contributed by atoms with Crippen LogP contribution in [0.4, 0.5) is 5.82 Å². The van der Waals surface area contributed by atoms with Crippen LogP contribution in [-0.2, 0) is 13.0 Å². The van der Waals surface area contributed by atoms with Gasteiger partial charge >= 0.3 is 0 Å². The molecule has 0 saturated heterocycles. The van der Waals surface area contributed by atoms with E-state index in [0.717, 1.165) is 27.9 Å². The minimum absolute atomic E-state index is 0.0199. The van der Waals surface area contributed by atoms with Gasteiger partial charge in [0, 0.05) is 30.6 Å². The molecular weight excluding hydrogens is 326 g/mol. The molecule has 3 aromatic rings. The molecule has 2 N–H and O–H groups in total. The number of carbonyl (C=O) groups is 1. The van der Waals surface area contributed by atoms with Gasteiger partial charge in [-0.05, 0) is 29.7 Å². The van der Waals surface area contributed by atoms with Gasteiger partial charge in [0.05, 0.1) is 16.8 Å². The van der Waals surface area contributed by atoms with E-state index >= 15 is 0 Å². The number of fused-ring (bicyclic) bond motifs is 2. The molecule has 132 valence electrons. The van der Waals surface area contributed by atoms with Gasteiger partial charge in [0.1, 0.15) is 5.82 Å². The van der Waals surface area contributed by atoms with Gasteiger partial charge in [0.15, 0.2) is 0 Å². The normalized spacial score (nSPS) is 13.9. The van der Waals surface area contributed by atoms with Crippen molar-refractivity contribution in [1.82, 2.24) is 20.1 Å². The molecule has 0 aliphatic carbocycles. The molecule has 1 aromatic carbocycles. The van der Waals surface area contributed by atoms with Crippen LogP contribution >= 0.6 is 0 Å². The maximum atomic E-state index is 13.3. The van der Waals surface area contributed by atoms with Crippen LogP contribution in [0.25, 0.3) is 10.9 Å². The summed E-state index contributed by atoms with van der Waals surface area (Å²) >= 11 is 0. The predicted octanol–water partition coefficient (Wildman–Crippen LogP) is 2.93. The topological polar surface area (TPSA) is 85.0 Å². The predicted molar refractivity (Wildman–Crippen MR) is 101 cm³/mol. The van der Waals surface area contributed by atoms with Crippen LogP contribution in [0.5, 0.6) is 0 Å². The summed E-state index contributed by atoms with van der Waals surface area (Å²) < 4.78 is 0. The number of pyridine rings is 1. The SMILES string of the molecule is CC(C)c1cc(C(=O)N2CCc3nnc(N)cc3C2)c2ccccc2n1. The van der Waals surface area contributed by atoms with Gasteiger partial charge in [-0.25, -0.2) is 0 Å². The lowest BCUT2D eigenvalue weighted by Gasteiger charge is -2.28. The third-order valence-electron chi connectivity index (χ3n) is 4.80. The van der Waals surface area contributed by atoms with Crippen LogP contribution < -0.4 is 5.73 Å². The molecule has 1 aliphatic heterocycles. The zero-order valence-corrected chi connectivity index (χ0v) is 14.9. The maximum Gasteiger partial charge on any atom is 0.254 e. The number of para-hydroxylation sites is 1. The second kappa shape index (κ2) is 6.37. The Hall–Kier alpha value is -3.02. The summed E-state index contributed by atoms with van der Waals surface area (Å²) in [4.78, 5) is 19.9. The van der Waals surface area contributed by atoms with E-state index in [1.165, 1.54) is 0 Å². The monoisotopic (exact) mass is 347 g/mol. The van der Waals surface area contributed by atoms with Gasteiger partial charge in [-0.2, -0.15) is 5.10 Å². The van der Waals surface area contributed by atoms with Crippen molar-refractivity contribution in [2.24, 2.45) is 0 Å². The summed E-state index contributed by atoms with van der Waals surface area (Å²) in [7, 11) is 0. The molecule has 1 amide bonds. The number of hydrogen-bond donors (Lipinski definition) is 1. The smallest absolute Gasteiger partial charge is 0.254 e. The van der Waals surface area contributed by atoms with Gasteiger partial charge in [-0.1, -0.05) is 32.0 Å². The maximum absolute atomic E-state index is 13.3. The minimum Gasteiger partial charge on any atom is -0.382 e. The number of hydrogen-bond acceptors (Lipinski definition) is 5. The zero-order chi connectivity index (χ0) is 18.3. The van der Waals surface area contributed by atoms with E-state index < -0.39 is 0 Å². The first-order valence-electron chi connectivity index (χ1n) is 8.83. The second-order valence-corrected chi connectivity index (χ2v) is 6.98. The van der Waals surface area contributed by atoms with Gasteiger partial charge in [0.2, 0.25) is 0 Å². The summed E-state index contributed by atoms with van der Waals surface area (Å²) in [5.41, 5.74) is 10.1. The zero-order valence-electron chi connectivity index (χ0n) is 14.9. The summed E-state index contributed by atoms with van der Waals surface area (Å²) in [6, 6.07) is 11.6. The first-order valence-corrected chi connectivity index (χ1v) is 8.83. The Morgan fingerprint density at radius 2 is 2.00 bits per heavy atom. The molecule has 1 aliphatic rings. The van der Waals surface area contributed by atoms with E-state index in [1.807, 2.05) is 41.3 Å². The Labute approximate surface area is 152 Å². The molecule has 26 heavy (non-hydrogen) atoms. The van der Waals surface area contributed by atoms with E-state index in [0.29, 0.717) is 30.9 Å². The molecule has 0 saturated carbocycles. The average Bonchev–Trinajstić information content (AvgIpc) is 2.65. The fraction of sp³-hybridized carbons (Fsp3) is 0.300. The van der Waals surface area contributed by atoms with Crippen molar-refractivity contribution in [3.63, 3.8) is 0 Å². The summed E-state index contributed by atoms with van der Waals surface area (Å²) in [6.45, 7) is 5.30. The van der Waals surface area contributed by atoms with Gasteiger partial charge in [-0.3, -0.25) is 9.78 Å². The Morgan fingerprint density at radius 3 is 2.81 bits per heavy atom. The molecule has 4 rings (SSSR count). The van der Waals surface area contributed by atoms with Gasteiger partial charge in [-0.15, -0.1) is 5.10 Å². The molecule has 0 radical (unpaired) electrons. The van der Waals surface area contributed by atoms with E-state index in [9.17, 15) is 4.79 Å². The van der Waals surface area contributed by atoms with E-state index in [1.54, 1.807) is 0 Å². The number of nitrogen functional groups attached to an aromatic ring is 1. The quantitative estimate of drug-likeness (QED) is 0.770. The van der Waals surface area contributed by atoms with Crippen molar-refractivity contribution in [2.75, 3.05) is 12.3 Å². The third-order valence-corrected chi connectivity index (χ3v) is 4.80. The number of nitrogens with two attached hydrogens (primary N) is 1. The highest BCUT2D eigenvalue weighted by Crippen LogP contribution is 2.26. The molecule has 0 fully saturated rings. The van der Waals surface area contributed by atoms with Crippen molar-refractivity contribution in [3.8, 4) is 0 Å². The fourth-order valence-corrected chi connectivity index (χ4v) is 3.36. The number of nitrogens with zero attached hydrogens (tertiary/aromatic N) is 4. The Kier molecular flexibility index (Phi) is 4.03. The highest BCUT2D eigenvalue weighted by molar-refractivity contribution is 6.06. The number of rotatable bonds is 2. The second-order valence-electron chi connectivity index (χ2n) is 6.98. The van der Waals surface area contributed by atoms with Crippen molar-refractivity contribution >= 4 is 22.6 Å². The molecule has 3 heterocycles. The standard InChI is InChI=1S/C20H21N5O/c1-12(2)18-10-15(14-5-3-4-6-17(14)22-18)20(26)25-8-7-16-13(11-25)9-19(21)24-23-16/h3-6,9-10,12H,7-8,11H2,1-2H3,(H2,21,24). The molecule has 0 bridgehead atoms. The number of carbonyl (C=O) groups excluding carboxylic acids is 1. The Balaban J connectivity index is 1.74. The van der Waals surface area contributed by atoms with Crippen molar-refractivity contribution in [2.45, 2.75) is 32.7 Å². The lowest BCUT2D eigenvalue weighted by molar-refractivity contribution is 0.0735. The summed E-state index contributed by atoms with van der Waals surface area (Å²) in [5, 5.41) is 8.95. The number of amides is 1. The Morgan fingerprint density at radius 1 is 1.19 bits per heavy atom. The van der Waals surface area contributed by atoms with Gasteiger partial charge in [0.25, 0.3) is 5.91 Å². The summed E-state index contributed by atoms with van der Waals surface area (Å²) in [5.74, 6) is 0.657. The minimum atomic E-state index is 0.0199. The summed E-state index contributed by atoms with van der Waals surface area (Å²) in [6.07, 6.45) is 0.689. The molecule has 0 atom stereocenters. The molecule has 0 spiro atoms. The highest BCUT2D eigenvalue weighted by Gasteiger charge is 2.25. The number of benzene rings is 1. The van der Waals surface area contributed by atoms with E-state index in [4.69, 9.17) is 10.7 Å². The number of aromatic nitrogens is 3. The van der Waals surface area contributed by atoms with Gasteiger partial charge < -0.3 is 10.6 Å². The molecule has 0 unspecified atom stereocenters. The van der Waals surface area contributed by atoms with Crippen LogP contribution in [0.3, 0.4) is 0 Å². The number of anilines is 1. The Bertz CT molecular complexity index is 999. The van der Waals surface area contributed by atoms with Crippen LogP contribution in [0, 0.1) is 0 Å². The lowest BCUT2D eigenvalue weighted by atomic mass is 10.00. The highest BCUT2D eigenvalue weighted by atomic mass is 16.2. The van der Waals surface area contributed by atoms with Crippen LogP contribution in [0.15, 0.2) is 36.4 Å². The molecule has 6 heteroatoms.